The van der Waals surface area contributed by atoms with Crippen molar-refractivity contribution in [3.8, 4) is 5.75 Å². The fourth-order valence-corrected chi connectivity index (χ4v) is 2.01. The van der Waals surface area contributed by atoms with Crippen molar-refractivity contribution in [3.63, 3.8) is 0 Å². The Hall–Kier alpha value is -1.31. The number of carbonyl (C=O) groups is 1. The van der Waals surface area contributed by atoms with E-state index in [1.54, 1.807) is 0 Å². The first-order chi connectivity index (χ1) is 7.59. The highest BCUT2D eigenvalue weighted by atomic mass is 16.3. The average Bonchev–Trinajstić information content (AvgIpc) is 2.22. The Bertz CT molecular complexity index is 448. The van der Waals surface area contributed by atoms with Gasteiger partial charge in [0.1, 0.15) is 5.75 Å². The fraction of sp³-hybridized carbons (Fsp3) is 0.533. The molecule has 17 heavy (non-hydrogen) atoms. The van der Waals surface area contributed by atoms with Crippen molar-refractivity contribution in [2.45, 2.75) is 48.5 Å². The maximum absolute atomic E-state index is 12.4. The summed E-state index contributed by atoms with van der Waals surface area (Å²) in [6, 6.07) is 0. The first-order valence-electron chi connectivity index (χ1n) is 5.93. The Morgan fingerprint density at radius 2 is 1.24 bits per heavy atom. The molecule has 0 spiro atoms. The summed E-state index contributed by atoms with van der Waals surface area (Å²) in [5.41, 5.74) is 3.77. The van der Waals surface area contributed by atoms with Gasteiger partial charge in [-0.15, -0.1) is 0 Å². The lowest BCUT2D eigenvalue weighted by Gasteiger charge is -2.22. The van der Waals surface area contributed by atoms with Gasteiger partial charge in [0.05, 0.1) is 0 Å². The van der Waals surface area contributed by atoms with Gasteiger partial charge >= 0.3 is 0 Å². The monoisotopic (exact) mass is 234 g/mol. The molecule has 94 valence electrons. The van der Waals surface area contributed by atoms with Gasteiger partial charge in [0, 0.05) is 11.0 Å². The van der Waals surface area contributed by atoms with Gasteiger partial charge in [-0.3, -0.25) is 4.79 Å². The minimum Gasteiger partial charge on any atom is -0.507 e. The van der Waals surface area contributed by atoms with Crippen LogP contribution in [0.5, 0.6) is 5.75 Å². The van der Waals surface area contributed by atoms with Crippen molar-refractivity contribution < 1.29 is 9.90 Å². The molecule has 0 saturated carbocycles. The van der Waals surface area contributed by atoms with Crippen LogP contribution < -0.4 is 0 Å². The predicted octanol–water partition coefficient (Wildman–Crippen LogP) is 3.85. The van der Waals surface area contributed by atoms with Crippen molar-refractivity contribution in [2.75, 3.05) is 0 Å². The minimum absolute atomic E-state index is 0.138. The van der Waals surface area contributed by atoms with Gasteiger partial charge < -0.3 is 5.11 Å². The van der Waals surface area contributed by atoms with E-state index in [9.17, 15) is 9.90 Å². The normalized spacial score (nSPS) is 11.7. The van der Waals surface area contributed by atoms with E-state index in [1.165, 1.54) is 0 Å². The van der Waals surface area contributed by atoms with Crippen molar-refractivity contribution in [2.24, 2.45) is 5.41 Å². The lowest BCUT2D eigenvalue weighted by molar-refractivity contribution is 0.0856. The van der Waals surface area contributed by atoms with Crippen LogP contribution in [0.2, 0.25) is 0 Å². The van der Waals surface area contributed by atoms with Crippen LogP contribution in [0.25, 0.3) is 0 Å². The number of rotatable bonds is 1. The van der Waals surface area contributed by atoms with Crippen molar-refractivity contribution in [1.82, 2.24) is 0 Å². The highest BCUT2D eigenvalue weighted by molar-refractivity contribution is 6.03. The quantitative estimate of drug-likeness (QED) is 0.749. The van der Waals surface area contributed by atoms with Gasteiger partial charge in [0.25, 0.3) is 0 Å². The van der Waals surface area contributed by atoms with E-state index in [1.807, 2.05) is 48.5 Å². The molecule has 1 N–H and O–H groups in total. The largest absolute Gasteiger partial charge is 0.507 e. The highest BCUT2D eigenvalue weighted by Crippen LogP contribution is 2.34. The third-order valence-electron chi connectivity index (χ3n) is 3.49. The summed E-state index contributed by atoms with van der Waals surface area (Å²) in [4.78, 5) is 12.4. The summed E-state index contributed by atoms with van der Waals surface area (Å²) in [6.07, 6.45) is 0. The van der Waals surface area contributed by atoms with E-state index in [0.29, 0.717) is 5.75 Å². The zero-order chi connectivity index (χ0) is 13.5. The molecule has 1 rings (SSSR count). The number of carbonyl (C=O) groups excluding carboxylic acids is 1. The fourth-order valence-electron chi connectivity index (χ4n) is 2.01. The molecule has 0 unspecified atom stereocenters. The molecule has 0 aliphatic carbocycles. The number of phenols is 1. The SMILES string of the molecule is Cc1c(C)c(C(=O)C(C)(C)C)c(C)c(C)c1O. The minimum atomic E-state index is -0.397. The molecule has 0 heterocycles. The van der Waals surface area contributed by atoms with Crippen LogP contribution in [0.1, 0.15) is 53.4 Å². The van der Waals surface area contributed by atoms with Gasteiger partial charge in [-0.25, -0.2) is 0 Å². The molecule has 0 aromatic heterocycles. The zero-order valence-electron chi connectivity index (χ0n) is 11.9. The zero-order valence-corrected chi connectivity index (χ0v) is 11.9. The molecule has 0 bridgehead atoms. The van der Waals surface area contributed by atoms with E-state index in [2.05, 4.69) is 0 Å². The van der Waals surface area contributed by atoms with Crippen LogP contribution in [-0.2, 0) is 0 Å². The number of phenolic OH excluding ortho intramolecular Hbond substituents is 1. The number of hydrogen-bond acceptors (Lipinski definition) is 2. The van der Waals surface area contributed by atoms with Gasteiger partial charge in [0.2, 0.25) is 0 Å². The third kappa shape index (κ3) is 2.21. The molecule has 0 radical (unpaired) electrons. The molecule has 2 heteroatoms. The van der Waals surface area contributed by atoms with E-state index < -0.39 is 5.41 Å². The molecule has 0 atom stereocenters. The summed E-state index contributed by atoms with van der Waals surface area (Å²) >= 11 is 0. The first kappa shape index (κ1) is 13.8. The number of Topliss-reactive ketones (excluding diaryl/α,β-unsaturated/α-hetero) is 1. The van der Waals surface area contributed by atoms with E-state index in [0.717, 1.165) is 27.8 Å². The number of aromatic hydroxyl groups is 1. The molecule has 1 aromatic carbocycles. The molecular formula is C15H22O2. The molecule has 1 aromatic rings. The molecule has 0 aliphatic rings. The van der Waals surface area contributed by atoms with E-state index in [-0.39, 0.29) is 5.78 Å². The lowest BCUT2D eigenvalue weighted by atomic mass is 9.80. The standard InChI is InChI=1S/C15H22O2/c1-8-10(3)13(16)11(4)9(2)12(8)14(17)15(5,6)7/h16H,1-7H3. The number of benzene rings is 1. The topological polar surface area (TPSA) is 37.3 Å². The van der Waals surface area contributed by atoms with Gasteiger partial charge in [-0.05, 0) is 49.9 Å². The van der Waals surface area contributed by atoms with E-state index >= 15 is 0 Å². The summed E-state index contributed by atoms with van der Waals surface area (Å²) in [5.74, 6) is 0.448. The summed E-state index contributed by atoms with van der Waals surface area (Å²) in [7, 11) is 0. The summed E-state index contributed by atoms with van der Waals surface area (Å²) in [5, 5.41) is 9.97. The van der Waals surface area contributed by atoms with Crippen molar-refractivity contribution in [3.05, 3.63) is 27.8 Å². The van der Waals surface area contributed by atoms with Crippen LogP contribution in [0.15, 0.2) is 0 Å². The molecule has 0 saturated heterocycles. The number of ketones is 1. The Balaban J connectivity index is 3.62. The lowest BCUT2D eigenvalue weighted by Crippen LogP contribution is -2.23. The Kier molecular flexibility index (Phi) is 3.37. The van der Waals surface area contributed by atoms with Gasteiger partial charge in [0.15, 0.2) is 5.78 Å². The smallest absolute Gasteiger partial charge is 0.168 e. The third-order valence-corrected chi connectivity index (χ3v) is 3.49. The maximum atomic E-state index is 12.4. The predicted molar refractivity (Wildman–Crippen MR) is 70.8 cm³/mol. The maximum Gasteiger partial charge on any atom is 0.168 e. The molecule has 0 fully saturated rings. The second-order valence-electron chi connectivity index (χ2n) is 5.80. The average molecular weight is 234 g/mol. The second kappa shape index (κ2) is 4.17. The van der Waals surface area contributed by atoms with Gasteiger partial charge in [-0.1, -0.05) is 20.8 Å². The Morgan fingerprint density at radius 1 is 0.882 bits per heavy atom. The van der Waals surface area contributed by atoms with Crippen LogP contribution in [0.4, 0.5) is 0 Å². The molecular weight excluding hydrogens is 212 g/mol. The summed E-state index contributed by atoms with van der Waals surface area (Å²) in [6.45, 7) is 13.3. The van der Waals surface area contributed by atoms with Crippen LogP contribution >= 0.6 is 0 Å². The van der Waals surface area contributed by atoms with Crippen LogP contribution in [0.3, 0.4) is 0 Å². The highest BCUT2D eigenvalue weighted by Gasteiger charge is 2.28. The molecule has 0 amide bonds. The van der Waals surface area contributed by atoms with Crippen LogP contribution in [0, 0.1) is 33.1 Å². The molecule has 2 nitrogen and oxygen atoms in total. The van der Waals surface area contributed by atoms with Gasteiger partial charge in [-0.2, -0.15) is 0 Å². The second-order valence-corrected chi connectivity index (χ2v) is 5.80. The first-order valence-corrected chi connectivity index (χ1v) is 5.93. The summed E-state index contributed by atoms with van der Waals surface area (Å²) < 4.78 is 0. The number of hydrogen-bond donors (Lipinski definition) is 1. The van der Waals surface area contributed by atoms with Crippen molar-refractivity contribution in [1.29, 1.82) is 0 Å². The van der Waals surface area contributed by atoms with Crippen molar-refractivity contribution >= 4 is 5.78 Å². The van der Waals surface area contributed by atoms with E-state index in [4.69, 9.17) is 0 Å². The Morgan fingerprint density at radius 3 is 1.53 bits per heavy atom. The Labute approximate surface area is 104 Å². The van der Waals surface area contributed by atoms with Crippen LogP contribution in [-0.4, -0.2) is 10.9 Å². The molecule has 0 aliphatic heterocycles.